The summed E-state index contributed by atoms with van der Waals surface area (Å²) < 4.78 is 10.7. The summed E-state index contributed by atoms with van der Waals surface area (Å²) in [6.45, 7) is 3.93. The zero-order chi connectivity index (χ0) is 21.0. The lowest BCUT2D eigenvalue weighted by Gasteiger charge is -2.12. The molecule has 0 aliphatic rings. The Morgan fingerprint density at radius 1 is 1.10 bits per heavy atom. The minimum Gasteiger partial charge on any atom is -0.496 e. The Hall–Kier alpha value is -2.83. The number of aryl methyl sites for hydroxylation is 1. The third-order valence-electron chi connectivity index (χ3n) is 4.25. The molecule has 0 saturated carbocycles. The number of ether oxygens (including phenoxy) is 2. The average Bonchev–Trinajstić information content (AvgIpc) is 3.12. The van der Waals surface area contributed by atoms with Gasteiger partial charge in [0.2, 0.25) is 0 Å². The highest BCUT2D eigenvalue weighted by atomic mass is 35.5. The number of rotatable bonds is 6. The van der Waals surface area contributed by atoms with E-state index < -0.39 is 5.97 Å². The van der Waals surface area contributed by atoms with Crippen molar-refractivity contribution in [2.45, 2.75) is 13.8 Å². The molecule has 1 heterocycles. The van der Waals surface area contributed by atoms with E-state index in [4.69, 9.17) is 21.1 Å². The summed E-state index contributed by atoms with van der Waals surface area (Å²) in [4.78, 5) is 25.4. The second-order valence-electron chi connectivity index (χ2n) is 6.24. The van der Waals surface area contributed by atoms with Gasteiger partial charge in [-0.25, -0.2) is 4.79 Å². The third kappa shape index (κ3) is 4.60. The SMILES string of the molecule is CCOC(=O)c1c(-c2cc(C)ccc2OC)csc1NC(=O)c1ccc(Cl)cc1. The van der Waals surface area contributed by atoms with Gasteiger partial charge in [-0.15, -0.1) is 11.3 Å². The Kier molecular flexibility index (Phi) is 6.56. The number of benzene rings is 2. The van der Waals surface area contributed by atoms with Gasteiger partial charge >= 0.3 is 5.97 Å². The van der Waals surface area contributed by atoms with Crippen molar-refractivity contribution < 1.29 is 19.1 Å². The summed E-state index contributed by atoms with van der Waals surface area (Å²) in [6, 6.07) is 12.2. The molecule has 0 aliphatic heterocycles. The monoisotopic (exact) mass is 429 g/mol. The van der Waals surface area contributed by atoms with Crippen molar-refractivity contribution in [3.05, 3.63) is 69.6 Å². The molecule has 5 nitrogen and oxygen atoms in total. The van der Waals surface area contributed by atoms with Crippen molar-refractivity contribution in [1.82, 2.24) is 0 Å². The van der Waals surface area contributed by atoms with Crippen LogP contribution in [-0.4, -0.2) is 25.6 Å². The molecule has 29 heavy (non-hydrogen) atoms. The molecule has 1 amide bonds. The minimum atomic E-state index is -0.501. The van der Waals surface area contributed by atoms with Crippen molar-refractivity contribution in [3.63, 3.8) is 0 Å². The van der Waals surface area contributed by atoms with Crippen molar-refractivity contribution in [3.8, 4) is 16.9 Å². The van der Waals surface area contributed by atoms with Gasteiger partial charge in [-0.3, -0.25) is 4.79 Å². The van der Waals surface area contributed by atoms with Gasteiger partial charge in [-0.05, 0) is 50.2 Å². The second-order valence-corrected chi connectivity index (χ2v) is 7.55. The molecule has 0 bridgehead atoms. The zero-order valence-corrected chi connectivity index (χ0v) is 17.8. The number of hydrogen-bond acceptors (Lipinski definition) is 5. The number of methoxy groups -OCH3 is 1. The smallest absolute Gasteiger partial charge is 0.341 e. The van der Waals surface area contributed by atoms with Crippen LogP contribution in [0.25, 0.3) is 11.1 Å². The molecule has 0 fully saturated rings. The molecular weight excluding hydrogens is 410 g/mol. The first-order valence-corrected chi connectivity index (χ1v) is 10.2. The molecule has 0 saturated heterocycles. The predicted molar refractivity (Wildman–Crippen MR) is 116 cm³/mol. The molecule has 0 spiro atoms. The lowest BCUT2D eigenvalue weighted by Crippen LogP contribution is -2.14. The Balaban J connectivity index is 2.05. The summed E-state index contributed by atoms with van der Waals surface area (Å²) in [7, 11) is 1.58. The van der Waals surface area contributed by atoms with Gasteiger partial charge in [0.15, 0.2) is 0 Å². The van der Waals surface area contributed by atoms with E-state index in [-0.39, 0.29) is 12.5 Å². The highest BCUT2D eigenvalue weighted by molar-refractivity contribution is 7.15. The summed E-state index contributed by atoms with van der Waals surface area (Å²) in [5, 5.41) is 5.60. The number of anilines is 1. The van der Waals surface area contributed by atoms with Crippen molar-refractivity contribution in [1.29, 1.82) is 0 Å². The highest BCUT2D eigenvalue weighted by Gasteiger charge is 2.25. The van der Waals surface area contributed by atoms with Gasteiger partial charge in [-0.1, -0.05) is 23.2 Å². The van der Waals surface area contributed by atoms with Crippen LogP contribution in [0.5, 0.6) is 5.75 Å². The Morgan fingerprint density at radius 3 is 2.48 bits per heavy atom. The zero-order valence-electron chi connectivity index (χ0n) is 16.2. The van der Waals surface area contributed by atoms with Crippen LogP contribution < -0.4 is 10.1 Å². The van der Waals surface area contributed by atoms with Gasteiger partial charge in [0.05, 0.1) is 13.7 Å². The number of carbonyl (C=O) groups is 2. The Morgan fingerprint density at radius 2 is 1.83 bits per heavy atom. The summed E-state index contributed by atoms with van der Waals surface area (Å²) in [5.41, 5.74) is 3.18. The van der Waals surface area contributed by atoms with Crippen LogP contribution in [0.2, 0.25) is 5.02 Å². The number of amides is 1. The minimum absolute atomic E-state index is 0.226. The lowest BCUT2D eigenvalue weighted by molar-refractivity contribution is 0.0529. The highest BCUT2D eigenvalue weighted by Crippen LogP contribution is 2.40. The van der Waals surface area contributed by atoms with Crippen LogP contribution in [-0.2, 0) is 4.74 Å². The van der Waals surface area contributed by atoms with E-state index in [9.17, 15) is 9.59 Å². The van der Waals surface area contributed by atoms with Crippen molar-refractivity contribution in [2.75, 3.05) is 19.0 Å². The van der Waals surface area contributed by atoms with Crippen molar-refractivity contribution >= 4 is 39.8 Å². The number of carbonyl (C=O) groups excluding carboxylic acids is 2. The van der Waals surface area contributed by atoms with Crippen LogP contribution in [0.15, 0.2) is 47.8 Å². The number of nitrogens with one attached hydrogen (secondary N) is 1. The molecule has 1 aromatic heterocycles. The van der Waals surface area contributed by atoms with Crippen LogP contribution >= 0.6 is 22.9 Å². The summed E-state index contributed by atoms with van der Waals surface area (Å²) >= 11 is 7.15. The van der Waals surface area contributed by atoms with Crippen LogP contribution in [0, 0.1) is 6.92 Å². The van der Waals surface area contributed by atoms with E-state index >= 15 is 0 Å². The normalized spacial score (nSPS) is 10.5. The molecule has 7 heteroatoms. The molecule has 2 aromatic carbocycles. The predicted octanol–water partition coefficient (Wildman–Crippen LogP) is 5.81. The fourth-order valence-electron chi connectivity index (χ4n) is 2.86. The van der Waals surface area contributed by atoms with Crippen LogP contribution in [0.1, 0.15) is 33.2 Å². The van der Waals surface area contributed by atoms with Gasteiger partial charge in [0.25, 0.3) is 5.91 Å². The first-order chi connectivity index (χ1) is 13.9. The Labute approximate surface area is 178 Å². The van der Waals surface area contributed by atoms with E-state index in [2.05, 4.69) is 5.32 Å². The lowest BCUT2D eigenvalue weighted by atomic mass is 10.0. The average molecular weight is 430 g/mol. The van der Waals surface area contributed by atoms with Crippen LogP contribution in [0.3, 0.4) is 0 Å². The number of esters is 1. The molecular formula is C22H20ClNO4S. The van der Waals surface area contributed by atoms with Gasteiger partial charge in [-0.2, -0.15) is 0 Å². The third-order valence-corrected chi connectivity index (χ3v) is 5.40. The molecule has 150 valence electrons. The summed E-state index contributed by atoms with van der Waals surface area (Å²) in [6.07, 6.45) is 0. The number of thiophene rings is 1. The molecule has 1 N–H and O–H groups in total. The molecule has 0 atom stereocenters. The summed E-state index contributed by atoms with van der Waals surface area (Å²) in [5.74, 6) is -0.204. The first kappa shape index (κ1) is 20.9. The maximum absolute atomic E-state index is 12.7. The molecule has 0 radical (unpaired) electrons. The molecule has 0 unspecified atom stereocenters. The standard InChI is InChI=1S/C22H20ClNO4S/c1-4-28-22(26)19-17(16-11-13(2)5-10-18(16)27-3)12-29-21(19)24-20(25)14-6-8-15(23)9-7-14/h5-12H,4H2,1-3H3,(H,24,25). The topological polar surface area (TPSA) is 64.6 Å². The quantitative estimate of drug-likeness (QED) is 0.502. The maximum Gasteiger partial charge on any atom is 0.341 e. The molecule has 0 aliphatic carbocycles. The largest absolute Gasteiger partial charge is 0.496 e. The maximum atomic E-state index is 12.7. The van der Waals surface area contributed by atoms with Crippen molar-refractivity contribution in [2.24, 2.45) is 0 Å². The molecule has 3 rings (SSSR count). The first-order valence-electron chi connectivity index (χ1n) is 8.95. The fourth-order valence-corrected chi connectivity index (χ4v) is 3.93. The van der Waals surface area contributed by atoms with Gasteiger partial charge in [0, 0.05) is 27.1 Å². The van der Waals surface area contributed by atoms with Gasteiger partial charge in [0.1, 0.15) is 16.3 Å². The fraction of sp³-hybridized carbons (Fsp3) is 0.182. The van der Waals surface area contributed by atoms with Crippen LogP contribution in [0.4, 0.5) is 5.00 Å². The van der Waals surface area contributed by atoms with E-state index in [0.29, 0.717) is 32.5 Å². The number of halogens is 1. The van der Waals surface area contributed by atoms with E-state index in [1.807, 2.05) is 30.5 Å². The van der Waals surface area contributed by atoms with E-state index in [1.54, 1.807) is 38.3 Å². The Bertz CT molecular complexity index is 1040. The van der Waals surface area contributed by atoms with Gasteiger partial charge < -0.3 is 14.8 Å². The molecule has 3 aromatic rings. The number of hydrogen-bond donors (Lipinski definition) is 1. The van der Waals surface area contributed by atoms with E-state index in [1.165, 1.54) is 11.3 Å². The second kappa shape index (κ2) is 9.11. The van der Waals surface area contributed by atoms with E-state index in [0.717, 1.165) is 11.1 Å².